The average Bonchev–Trinajstić information content (AvgIpc) is 2.25. The molecule has 0 spiro atoms. The summed E-state index contributed by atoms with van der Waals surface area (Å²) >= 11 is 0. The molecule has 0 atom stereocenters. The van der Waals surface area contributed by atoms with Crippen LogP contribution < -0.4 is 5.32 Å². The lowest BCUT2D eigenvalue weighted by atomic mass is 10.0. The van der Waals surface area contributed by atoms with E-state index >= 15 is 0 Å². The minimum Gasteiger partial charge on any atom is -0.384 e. The second-order valence-corrected chi connectivity index (χ2v) is 4.26. The van der Waals surface area contributed by atoms with E-state index in [9.17, 15) is 0 Å². The smallest absolute Gasteiger partial charge is 0.0728 e. The van der Waals surface area contributed by atoms with Gasteiger partial charge in [-0.15, -0.1) is 0 Å². The molecule has 0 saturated heterocycles. The Kier molecular flexibility index (Phi) is 3.09. The minimum atomic E-state index is 1.01. The van der Waals surface area contributed by atoms with Crippen LogP contribution in [0.15, 0.2) is 24.4 Å². The highest BCUT2D eigenvalue weighted by Crippen LogP contribution is 2.26. The van der Waals surface area contributed by atoms with Gasteiger partial charge in [0.2, 0.25) is 0 Å². The summed E-state index contributed by atoms with van der Waals surface area (Å²) in [6.45, 7) is 7.44. The number of hydrogen-bond donors (Lipinski definition) is 1. The first kappa shape index (κ1) is 10.9. The van der Waals surface area contributed by atoms with Gasteiger partial charge in [0.05, 0.1) is 5.52 Å². The lowest BCUT2D eigenvalue weighted by Crippen LogP contribution is -2.01. The number of nitrogens with zero attached hydrogens (tertiary/aromatic N) is 1. The van der Waals surface area contributed by atoms with Crippen molar-refractivity contribution in [1.29, 1.82) is 0 Å². The van der Waals surface area contributed by atoms with Gasteiger partial charge >= 0.3 is 0 Å². The molecule has 0 amide bonds. The summed E-state index contributed by atoms with van der Waals surface area (Å²) in [7, 11) is 0. The van der Waals surface area contributed by atoms with Crippen LogP contribution in [0.5, 0.6) is 0 Å². The van der Waals surface area contributed by atoms with E-state index in [2.05, 4.69) is 49.3 Å². The van der Waals surface area contributed by atoms with Gasteiger partial charge in [-0.2, -0.15) is 0 Å². The Morgan fingerprint density at radius 2 is 2.06 bits per heavy atom. The van der Waals surface area contributed by atoms with Crippen LogP contribution in [0.2, 0.25) is 0 Å². The molecule has 1 heterocycles. The first-order valence-electron chi connectivity index (χ1n) is 5.82. The number of rotatable bonds is 3. The minimum absolute atomic E-state index is 1.01. The van der Waals surface area contributed by atoms with Crippen molar-refractivity contribution >= 4 is 16.6 Å². The second-order valence-electron chi connectivity index (χ2n) is 4.26. The van der Waals surface area contributed by atoms with E-state index < -0.39 is 0 Å². The number of fused-ring (bicyclic) bond motifs is 1. The SMILES string of the molecule is CCCNc1ccnc2cc(C)cc(C)c12. The van der Waals surface area contributed by atoms with Gasteiger partial charge < -0.3 is 5.32 Å². The molecule has 0 unspecified atom stereocenters. The molecule has 0 aliphatic heterocycles. The summed E-state index contributed by atoms with van der Waals surface area (Å²) in [5, 5.41) is 4.71. The van der Waals surface area contributed by atoms with Gasteiger partial charge in [0.25, 0.3) is 0 Å². The predicted octanol–water partition coefficient (Wildman–Crippen LogP) is 3.67. The molecule has 0 saturated carbocycles. The molecule has 0 aliphatic rings. The van der Waals surface area contributed by atoms with Crippen molar-refractivity contribution in [3.63, 3.8) is 0 Å². The topological polar surface area (TPSA) is 24.9 Å². The zero-order chi connectivity index (χ0) is 11.5. The summed E-state index contributed by atoms with van der Waals surface area (Å²) in [6.07, 6.45) is 3.01. The number of aromatic nitrogens is 1. The van der Waals surface area contributed by atoms with E-state index in [0.29, 0.717) is 0 Å². The molecule has 2 rings (SSSR count). The predicted molar refractivity (Wildman–Crippen MR) is 70.0 cm³/mol. The fourth-order valence-electron chi connectivity index (χ4n) is 2.08. The van der Waals surface area contributed by atoms with Crippen LogP contribution in [0.1, 0.15) is 24.5 Å². The molecule has 1 aromatic heterocycles. The lowest BCUT2D eigenvalue weighted by Gasteiger charge is -2.11. The third-order valence-corrected chi connectivity index (χ3v) is 2.75. The third kappa shape index (κ3) is 2.01. The maximum absolute atomic E-state index is 4.43. The van der Waals surface area contributed by atoms with E-state index in [1.54, 1.807) is 0 Å². The highest BCUT2D eigenvalue weighted by atomic mass is 14.9. The molecule has 0 fully saturated rings. The van der Waals surface area contributed by atoms with Gasteiger partial charge in [0, 0.05) is 23.8 Å². The van der Waals surface area contributed by atoms with Crippen LogP contribution in [-0.2, 0) is 0 Å². The van der Waals surface area contributed by atoms with Crippen LogP contribution in [0.25, 0.3) is 10.9 Å². The van der Waals surface area contributed by atoms with Crippen molar-refractivity contribution in [3.8, 4) is 0 Å². The molecule has 84 valence electrons. The number of nitrogens with one attached hydrogen (secondary N) is 1. The van der Waals surface area contributed by atoms with Crippen molar-refractivity contribution in [3.05, 3.63) is 35.5 Å². The van der Waals surface area contributed by atoms with E-state index in [-0.39, 0.29) is 0 Å². The molecule has 0 radical (unpaired) electrons. The van der Waals surface area contributed by atoms with Crippen molar-refractivity contribution in [2.75, 3.05) is 11.9 Å². The quantitative estimate of drug-likeness (QED) is 0.843. The molecule has 1 N–H and O–H groups in total. The molecular weight excluding hydrogens is 196 g/mol. The second kappa shape index (κ2) is 4.52. The largest absolute Gasteiger partial charge is 0.384 e. The summed E-state index contributed by atoms with van der Waals surface area (Å²) in [5.74, 6) is 0. The molecule has 16 heavy (non-hydrogen) atoms. The van der Waals surface area contributed by atoms with Crippen molar-refractivity contribution in [1.82, 2.24) is 4.98 Å². The molecule has 0 bridgehead atoms. The van der Waals surface area contributed by atoms with E-state index in [4.69, 9.17) is 0 Å². The number of pyridine rings is 1. The highest BCUT2D eigenvalue weighted by molar-refractivity contribution is 5.94. The Bertz CT molecular complexity index is 503. The van der Waals surface area contributed by atoms with Gasteiger partial charge in [-0.05, 0) is 43.5 Å². The van der Waals surface area contributed by atoms with Crippen molar-refractivity contribution in [2.45, 2.75) is 27.2 Å². The molecule has 2 aromatic rings. The Morgan fingerprint density at radius 1 is 1.25 bits per heavy atom. The summed E-state index contributed by atoms with van der Waals surface area (Å²) in [5.41, 5.74) is 4.84. The standard InChI is InChI=1S/C14H18N2/c1-4-6-15-12-5-7-16-13-9-10(2)8-11(3)14(12)13/h5,7-9H,4,6H2,1-3H3,(H,15,16). The first-order chi connectivity index (χ1) is 7.72. The van der Waals surface area contributed by atoms with Crippen molar-refractivity contribution < 1.29 is 0 Å². The molecule has 2 heteroatoms. The van der Waals surface area contributed by atoms with Crippen molar-refractivity contribution in [2.24, 2.45) is 0 Å². The van der Waals surface area contributed by atoms with Crippen LogP contribution >= 0.6 is 0 Å². The lowest BCUT2D eigenvalue weighted by molar-refractivity contribution is 0.981. The Morgan fingerprint density at radius 3 is 2.81 bits per heavy atom. The summed E-state index contributed by atoms with van der Waals surface area (Å²) < 4.78 is 0. The van der Waals surface area contributed by atoms with Gasteiger partial charge in [0.15, 0.2) is 0 Å². The zero-order valence-electron chi connectivity index (χ0n) is 10.2. The highest BCUT2D eigenvalue weighted by Gasteiger charge is 2.04. The van der Waals surface area contributed by atoms with Gasteiger partial charge in [0.1, 0.15) is 0 Å². The van der Waals surface area contributed by atoms with Gasteiger partial charge in [-0.1, -0.05) is 13.0 Å². The normalized spacial score (nSPS) is 10.7. The fraction of sp³-hybridized carbons (Fsp3) is 0.357. The van der Waals surface area contributed by atoms with Crippen LogP contribution in [-0.4, -0.2) is 11.5 Å². The van der Waals surface area contributed by atoms with Gasteiger partial charge in [-0.25, -0.2) is 0 Å². The molecule has 0 aliphatic carbocycles. The monoisotopic (exact) mass is 214 g/mol. The number of aryl methyl sites for hydroxylation is 2. The van der Waals surface area contributed by atoms with Crippen LogP contribution in [0, 0.1) is 13.8 Å². The maximum atomic E-state index is 4.43. The van der Waals surface area contributed by atoms with Crippen LogP contribution in [0.3, 0.4) is 0 Å². The van der Waals surface area contributed by atoms with E-state index in [0.717, 1.165) is 18.5 Å². The summed E-state index contributed by atoms with van der Waals surface area (Å²) in [6, 6.07) is 6.40. The van der Waals surface area contributed by atoms with E-state index in [1.807, 2.05) is 6.20 Å². The molecule has 1 aromatic carbocycles. The summed E-state index contributed by atoms with van der Waals surface area (Å²) in [4.78, 5) is 4.43. The first-order valence-corrected chi connectivity index (χ1v) is 5.82. The number of anilines is 1. The molecular formula is C14H18N2. The van der Waals surface area contributed by atoms with Crippen LogP contribution in [0.4, 0.5) is 5.69 Å². The van der Waals surface area contributed by atoms with Gasteiger partial charge in [-0.3, -0.25) is 4.98 Å². The Labute approximate surface area is 96.7 Å². The molecule has 2 nitrogen and oxygen atoms in total. The fourth-order valence-corrected chi connectivity index (χ4v) is 2.08. The zero-order valence-corrected chi connectivity index (χ0v) is 10.2. The Hall–Kier alpha value is -1.57. The van der Waals surface area contributed by atoms with E-state index in [1.165, 1.54) is 22.2 Å². The maximum Gasteiger partial charge on any atom is 0.0728 e. The number of hydrogen-bond acceptors (Lipinski definition) is 2. The third-order valence-electron chi connectivity index (χ3n) is 2.75. The average molecular weight is 214 g/mol. The Balaban J connectivity index is 2.57. The number of benzene rings is 1.